The number of hydrogen-bond donors (Lipinski definition) is 1. The SMILES string of the molecule is Cc1ccc(S(=O)(=O)N[C@@H]2OC(=O)c3ccccc32)cc1. The first-order valence-corrected chi connectivity index (χ1v) is 7.84. The van der Waals surface area contributed by atoms with Crippen molar-refractivity contribution < 1.29 is 17.9 Å². The summed E-state index contributed by atoms with van der Waals surface area (Å²) >= 11 is 0. The molecule has 0 spiro atoms. The number of carbonyl (C=O) groups excluding carboxylic acids is 1. The molecule has 108 valence electrons. The third-order valence-electron chi connectivity index (χ3n) is 3.28. The highest BCUT2D eigenvalue weighted by molar-refractivity contribution is 7.89. The van der Waals surface area contributed by atoms with E-state index >= 15 is 0 Å². The van der Waals surface area contributed by atoms with Gasteiger partial charge in [0.1, 0.15) is 0 Å². The number of esters is 1. The van der Waals surface area contributed by atoms with Crippen molar-refractivity contribution in [3.8, 4) is 0 Å². The van der Waals surface area contributed by atoms with Gasteiger partial charge in [0.15, 0.2) is 6.23 Å². The van der Waals surface area contributed by atoms with Crippen LogP contribution in [0.5, 0.6) is 0 Å². The predicted octanol–water partition coefficient (Wildman–Crippen LogP) is 2.14. The van der Waals surface area contributed by atoms with E-state index in [0.717, 1.165) is 5.56 Å². The Balaban J connectivity index is 1.91. The maximum Gasteiger partial charge on any atom is 0.340 e. The minimum absolute atomic E-state index is 0.133. The number of nitrogens with one attached hydrogen (secondary N) is 1. The third-order valence-corrected chi connectivity index (χ3v) is 4.70. The van der Waals surface area contributed by atoms with E-state index in [4.69, 9.17) is 4.74 Å². The highest BCUT2D eigenvalue weighted by atomic mass is 32.2. The summed E-state index contributed by atoms with van der Waals surface area (Å²) in [6, 6.07) is 13.2. The Labute approximate surface area is 122 Å². The molecule has 1 aliphatic heterocycles. The Morgan fingerprint density at radius 2 is 1.71 bits per heavy atom. The van der Waals surface area contributed by atoms with Gasteiger partial charge in [-0.3, -0.25) is 0 Å². The zero-order valence-corrected chi connectivity index (χ0v) is 12.1. The molecule has 1 aliphatic rings. The molecule has 2 aromatic rings. The normalized spacial score (nSPS) is 17.4. The molecule has 0 amide bonds. The molecule has 21 heavy (non-hydrogen) atoms. The number of aryl methyl sites for hydroxylation is 1. The standard InChI is InChI=1S/C15H13NO4S/c1-10-6-8-11(9-7-10)21(18,19)16-14-12-4-2-3-5-13(12)15(17)20-14/h2-9,14,16H,1H3/t14-/m1/s1. The van der Waals surface area contributed by atoms with Crippen molar-refractivity contribution in [3.05, 3.63) is 65.2 Å². The predicted molar refractivity (Wildman–Crippen MR) is 76.1 cm³/mol. The lowest BCUT2D eigenvalue weighted by molar-refractivity contribution is 0.0364. The van der Waals surface area contributed by atoms with Crippen LogP contribution in [-0.4, -0.2) is 14.4 Å². The summed E-state index contributed by atoms with van der Waals surface area (Å²) in [7, 11) is -3.75. The van der Waals surface area contributed by atoms with Crippen molar-refractivity contribution in [3.63, 3.8) is 0 Å². The van der Waals surface area contributed by atoms with E-state index < -0.39 is 22.2 Å². The number of benzene rings is 2. The fourth-order valence-electron chi connectivity index (χ4n) is 2.16. The van der Waals surface area contributed by atoms with Gasteiger partial charge in [-0.1, -0.05) is 35.9 Å². The van der Waals surface area contributed by atoms with Crippen molar-refractivity contribution in [1.82, 2.24) is 4.72 Å². The molecule has 0 bridgehead atoms. The zero-order chi connectivity index (χ0) is 15.0. The highest BCUT2D eigenvalue weighted by Gasteiger charge is 2.33. The Hall–Kier alpha value is -2.18. The van der Waals surface area contributed by atoms with Gasteiger partial charge in [-0.2, -0.15) is 4.72 Å². The van der Waals surface area contributed by atoms with Crippen molar-refractivity contribution in [1.29, 1.82) is 0 Å². The van der Waals surface area contributed by atoms with Crippen molar-refractivity contribution in [2.24, 2.45) is 0 Å². The minimum atomic E-state index is -3.75. The molecule has 2 aromatic carbocycles. The summed E-state index contributed by atoms with van der Waals surface area (Å²) in [6.07, 6.45) is -0.986. The first-order valence-electron chi connectivity index (χ1n) is 6.36. The average Bonchev–Trinajstić information content (AvgIpc) is 2.76. The van der Waals surface area contributed by atoms with Gasteiger partial charge < -0.3 is 4.74 Å². The Morgan fingerprint density at radius 1 is 1.05 bits per heavy atom. The summed E-state index contributed by atoms with van der Waals surface area (Å²) in [5, 5.41) is 0. The topological polar surface area (TPSA) is 72.5 Å². The molecule has 0 aromatic heterocycles. The number of fused-ring (bicyclic) bond motifs is 1. The van der Waals surface area contributed by atoms with Crippen LogP contribution in [0.15, 0.2) is 53.4 Å². The summed E-state index contributed by atoms with van der Waals surface area (Å²) in [5.74, 6) is -0.526. The van der Waals surface area contributed by atoms with Crippen molar-refractivity contribution in [2.45, 2.75) is 18.0 Å². The summed E-state index contributed by atoms with van der Waals surface area (Å²) in [6.45, 7) is 1.87. The molecule has 1 N–H and O–H groups in total. The lowest BCUT2D eigenvalue weighted by Gasteiger charge is -2.13. The zero-order valence-electron chi connectivity index (χ0n) is 11.2. The van der Waals surface area contributed by atoms with Crippen LogP contribution in [0.3, 0.4) is 0 Å². The molecule has 1 atom stereocenters. The van der Waals surface area contributed by atoms with E-state index in [9.17, 15) is 13.2 Å². The summed E-state index contributed by atoms with van der Waals surface area (Å²) in [4.78, 5) is 11.8. The van der Waals surface area contributed by atoms with Crippen LogP contribution < -0.4 is 4.72 Å². The van der Waals surface area contributed by atoms with E-state index in [1.807, 2.05) is 6.92 Å². The Morgan fingerprint density at radius 3 is 2.43 bits per heavy atom. The second-order valence-electron chi connectivity index (χ2n) is 4.81. The molecule has 0 radical (unpaired) electrons. The quantitative estimate of drug-likeness (QED) is 0.882. The molecular weight excluding hydrogens is 290 g/mol. The van der Waals surface area contributed by atoms with Gasteiger partial charge in [0.2, 0.25) is 10.0 Å². The molecule has 0 saturated carbocycles. The number of hydrogen-bond acceptors (Lipinski definition) is 4. The smallest absolute Gasteiger partial charge is 0.340 e. The van der Waals surface area contributed by atoms with Gasteiger partial charge in [-0.25, -0.2) is 13.2 Å². The highest BCUT2D eigenvalue weighted by Crippen LogP contribution is 2.29. The second-order valence-corrected chi connectivity index (χ2v) is 6.52. The van der Waals surface area contributed by atoms with Crippen molar-refractivity contribution >= 4 is 16.0 Å². The molecule has 6 heteroatoms. The van der Waals surface area contributed by atoms with Crippen LogP contribution in [-0.2, 0) is 14.8 Å². The van der Waals surface area contributed by atoms with Crippen LogP contribution in [0.1, 0.15) is 27.7 Å². The van der Waals surface area contributed by atoms with E-state index in [-0.39, 0.29) is 4.90 Å². The van der Waals surface area contributed by atoms with Crippen LogP contribution in [0.2, 0.25) is 0 Å². The second kappa shape index (κ2) is 4.98. The van der Waals surface area contributed by atoms with E-state index in [0.29, 0.717) is 11.1 Å². The van der Waals surface area contributed by atoms with Crippen LogP contribution in [0.4, 0.5) is 0 Å². The molecule has 0 fully saturated rings. The van der Waals surface area contributed by atoms with Gasteiger partial charge in [0, 0.05) is 5.56 Å². The largest absolute Gasteiger partial charge is 0.438 e. The molecule has 0 unspecified atom stereocenters. The number of cyclic esters (lactones) is 1. The lowest BCUT2D eigenvalue weighted by Crippen LogP contribution is -2.28. The molecule has 0 aliphatic carbocycles. The molecule has 3 rings (SSSR count). The Bertz CT molecular complexity index is 797. The van der Waals surface area contributed by atoms with Gasteiger partial charge in [0.25, 0.3) is 0 Å². The van der Waals surface area contributed by atoms with Gasteiger partial charge in [0.05, 0.1) is 10.5 Å². The first kappa shape index (κ1) is 13.8. The average molecular weight is 303 g/mol. The first-order chi connectivity index (χ1) is 9.97. The fourth-order valence-corrected chi connectivity index (χ4v) is 3.25. The molecule has 1 heterocycles. The monoisotopic (exact) mass is 303 g/mol. The Kier molecular flexibility index (Phi) is 3.27. The lowest BCUT2D eigenvalue weighted by atomic mass is 10.1. The van der Waals surface area contributed by atoms with Gasteiger partial charge in [-0.15, -0.1) is 0 Å². The molecule has 5 nitrogen and oxygen atoms in total. The number of ether oxygens (including phenoxy) is 1. The number of rotatable bonds is 3. The maximum absolute atomic E-state index is 12.3. The number of sulfonamides is 1. The number of carbonyl (C=O) groups is 1. The van der Waals surface area contributed by atoms with E-state index in [1.54, 1.807) is 36.4 Å². The van der Waals surface area contributed by atoms with Gasteiger partial charge >= 0.3 is 5.97 Å². The summed E-state index contributed by atoms with van der Waals surface area (Å²) in [5.41, 5.74) is 1.87. The van der Waals surface area contributed by atoms with Crippen LogP contribution in [0.25, 0.3) is 0 Å². The fraction of sp³-hybridized carbons (Fsp3) is 0.133. The maximum atomic E-state index is 12.3. The van der Waals surface area contributed by atoms with E-state index in [1.165, 1.54) is 12.1 Å². The van der Waals surface area contributed by atoms with Crippen molar-refractivity contribution in [2.75, 3.05) is 0 Å². The van der Waals surface area contributed by atoms with Crippen LogP contribution >= 0.6 is 0 Å². The van der Waals surface area contributed by atoms with E-state index in [2.05, 4.69) is 4.72 Å². The minimum Gasteiger partial charge on any atom is -0.438 e. The summed E-state index contributed by atoms with van der Waals surface area (Å²) < 4.78 is 32.1. The van der Waals surface area contributed by atoms with Crippen LogP contribution in [0, 0.1) is 6.92 Å². The molecular formula is C15H13NO4S. The van der Waals surface area contributed by atoms with Gasteiger partial charge in [-0.05, 0) is 25.1 Å². The molecule has 0 saturated heterocycles. The third kappa shape index (κ3) is 2.55.